The van der Waals surface area contributed by atoms with E-state index < -0.39 is 10.0 Å². The van der Waals surface area contributed by atoms with Crippen LogP contribution in [-0.4, -0.2) is 32.1 Å². The molecule has 1 aliphatic rings. The van der Waals surface area contributed by atoms with E-state index >= 15 is 0 Å². The number of anilines is 1. The van der Waals surface area contributed by atoms with Crippen LogP contribution in [0.4, 0.5) is 10.1 Å². The molecule has 124 valence electrons. The molecule has 22 heavy (non-hydrogen) atoms. The minimum absolute atomic E-state index is 0.116. The number of benzene rings is 1. The summed E-state index contributed by atoms with van der Waals surface area (Å²) < 4.78 is 37.9. The minimum atomic E-state index is -3.11. The van der Waals surface area contributed by atoms with Crippen LogP contribution < -0.4 is 5.73 Å². The molecule has 0 saturated heterocycles. The zero-order valence-corrected chi connectivity index (χ0v) is 14.1. The molecule has 0 amide bonds. The minimum Gasteiger partial charge on any atom is -0.399 e. The van der Waals surface area contributed by atoms with E-state index in [0.717, 1.165) is 44.1 Å². The normalized spacial score (nSPS) is 22.9. The van der Waals surface area contributed by atoms with Crippen molar-refractivity contribution in [1.29, 1.82) is 0 Å². The molecule has 0 aromatic heterocycles. The van der Waals surface area contributed by atoms with Crippen LogP contribution in [0.25, 0.3) is 0 Å². The highest BCUT2D eigenvalue weighted by atomic mass is 32.2. The molecule has 0 bridgehead atoms. The van der Waals surface area contributed by atoms with Gasteiger partial charge in [0.15, 0.2) is 0 Å². The lowest BCUT2D eigenvalue weighted by Gasteiger charge is -2.33. The number of aryl methyl sites for hydroxylation is 1. The van der Waals surface area contributed by atoms with Crippen LogP contribution in [0.3, 0.4) is 0 Å². The van der Waals surface area contributed by atoms with Gasteiger partial charge in [-0.3, -0.25) is 0 Å². The first-order chi connectivity index (χ1) is 10.3. The van der Waals surface area contributed by atoms with Gasteiger partial charge in [0.05, 0.1) is 6.26 Å². The Balaban J connectivity index is 1.84. The number of hydrogen-bond acceptors (Lipinski definition) is 3. The Morgan fingerprint density at radius 3 is 2.50 bits per heavy atom. The van der Waals surface area contributed by atoms with E-state index in [1.165, 1.54) is 22.7 Å². The lowest BCUT2D eigenvalue weighted by molar-refractivity contribution is 0.230. The number of nitrogen functional groups attached to an aromatic ring is 1. The van der Waals surface area contributed by atoms with Gasteiger partial charge in [0.2, 0.25) is 10.0 Å². The van der Waals surface area contributed by atoms with Gasteiger partial charge in [0.1, 0.15) is 5.82 Å². The summed E-state index contributed by atoms with van der Waals surface area (Å²) in [7, 11) is -1.45. The average molecular weight is 328 g/mol. The first-order valence-corrected chi connectivity index (χ1v) is 9.59. The molecule has 4 nitrogen and oxygen atoms in total. The highest BCUT2D eigenvalue weighted by Crippen LogP contribution is 2.31. The Morgan fingerprint density at radius 1 is 1.27 bits per heavy atom. The predicted octanol–water partition coefficient (Wildman–Crippen LogP) is 2.79. The standard InChI is InChI=1S/C16H25FN2O2S/c1-19(22(2,20)21)15-8-4-12(5-9-15)3-6-13-11-14(17)7-10-16(13)18/h7,10-12,15H,3-6,8-9,18H2,1-2H3/t12-,15+. The van der Waals surface area contributed by atoms with Crippen LogP contribution in [0.1, 0.15) is 37.7 Å². The summed E-state index contributed by atoms with van der Waals surface area (Å²) >= 11 is 0. The summed E-state index contributed by atoms with van der Waals surface area (Å²) in [5.41, 5.74) is 7.39. The first kappa shape index (κ1) is 17.2. The van der Waals surface area contributed by atoms with Crippen LogP contribution in [0.15, 0.2) is 18.2 Å². The third-order valence-corrected chi connectivity index (χ3v) is 6.12. The van der Waals surface area contributed by atoms with Crippen molar-refractivity contribution < 1.29 is 12.8 Å². The monoisotopic (exact) mass is 328 g/mol. The van der Waals surface area contributed by atoms with Gasteiger partial charge in [-0.1, -0.05) is 0 Å². The molecule has 0 radical (unpaired) electrons. The van der Waals surface area contributed by atoms with E-state index in [0.29, 0.717) is 11.6 Å². The second kappa shape index (κ2) is 6.96. The first-order valence-electron chi connectivity index (χ1n) is 7.74. The van der Waals surface area contributed by atoms with Gasteiger partial charge < -0.3 is 5.73 Å². The Bertz CT molecular complexity index is 611. The molecule has 0 unspecified atom stereocenters. The molecule has 2 rings (SSSR count). The van der Waals surface area contributed by atoms with Crippen molar-refractivity contribution >= 4 is 15.7 Å². The van der Waals surface area contributed by atoms with E-state index in [1.807, 2.05) is 0 Å². The highest BCUT2D eigenvalue weighted by molar-refractivity contribution is 7.88. The lowest BCUT2D eigenvalue weighted by Crippen LogP contribution is -2.38. The molecule has 0 atom stereocenters. The summed E-state index contributed by atoms with van der Waals surface area (Å²) in [6, 6.07) is 4.62. The van der Waals surface area contributed by atoms with E-state index in [1.54, 1.807) is 13.1 Å². The van der Waals surface area contributed by atoms with E-state index in [9.17, 15) is 12.8 Å². The van der Waals surface area contributed by atoms with Gasteiger partial charge in [-0.2, -0.15) is 0 Å². The van der Waals surface area contributed by atoms with Gasteiger partial charge in [0.25, 0.3) is 0 Å². The Hall–Kier alpha value is -1.14. The molecular formula is C16H25FN2O2S. The van der Waals surface area contributed by atoms with Gasteiger partial charge in [-0.05, 0) is 68.2 Å². The average Bonchev–Trinajstić information content (AvgIpc) is 2.47. The third-order valence-electron chi connectivity index (χ3n) is 4.78. The fourth-order valence-electron chi connectivity index (χ4n) is 3.22. The van der Waals surface area contributed by atoms with E-state index in [2.05, 4.69) is 0 Å². The van der Waals surface area contributed by atoms with Gasteiger partial charge in [-0.25, -0.2) is 17.1 Å². The van der Waals surface area contributed by atoms with Gasteiger partial charge in [-0.15, -0.1) is 0 Å². The van der Waals surface area contributed by atoms with Crippen LogP contribution >= 0.6 is 0 Å². The largest absolute Gasteiger partial charge is 0.399 e. The molecule has 1 saturated carbocycles. The van der Waals surface area contributed by atoms with Crippen molar-refractivity contribution in [3.05, 3.63) is 29.6 Å². The SMILES string of the molecule is CN([C@H]1CC[C@@H](CCc2cc(F)ccc2N)CC1)S(C)(=O)=O. The maximum Gasteiger partial charge on any atom is 0.211 e. The molecular weight excluding hydrogens is 303 g/mol. The van der Waals surface area contributed by atoms with Crippen LogP contribution in [0, 0.1) is 11.7 Å². The van der Waals surface area contributed by atoms with Gasteiger partial charge >= 0.3 is 0 Å². The molecule has 0 aliphatic heterocycles. The zero-order chi connectivity index (χ0) is 16.3. The number of rotatable bonds is 5. The summed E-state index contributed by atoms with van der Waals surface area (Å²) in [6.45, 7) is 0. The Labute approximate surface area is 132 Å². The highest BCUT2D eigenvalue weighted by Gasteiger charge is 2.28. The third kappa shape index (κ3) is 4.43. The lowest BCUT2D eigenvalue weighted by atomic mass is 9.82. The Morgan fingerprint density at radius 2 is 1.91 bits per heavy atom. The van der Waals surface area contributed by atoms with Crippen LogP contribution in [-0.2, 0) is 16.4 Å². The number of sulfonamides is 1. The van der Waals surface area contributed by atoms with Crippen molar-refractivity contribution in [2.75, 3.05) is 19.0 Å². The number of halogens is 1. The summed E-state index contributed by atoms with van der Waals surface area (Å²) in [5.74, 6) is 0.314. The fraction of sp³-hybridized carbons (Fsp3) is 0.625. The number of nitrogens with two attached hydrogens (primary N) is 1. The van der Waals surface area contributed by atoms with E-state index in [4.69, 9.17) is 5.73 Å². The van der Waals surface area contributed by atoms with Crippen molar-refractivity contribution in [1.82, 2.24) is 4.31 Å². The zero-order valence-electron chi connectivity index (χ0n) is 13.3. The fourth-order valence-corrected chi connectivity index (χ4v) is 3.97. The molecule has 6 heteroatoms. The van der Waals surface area contributed by atoms with E-state index in [-0.39, 0.29) is 11.9 Å². The summed E-state index contributed by atoms with van der Waals surface area (Å²) in [5, 5.41) is 0. The molecule has 2 N–H and O–H groups in total. The molecule has 1 fully saturated rings. The van der Waals surface area contributed by atoms with Crippen LogP contribution in [0.2, 0.25) is 0 Å². The molecule has 0 spiro atoms. The number of nitrogens with zero attached hydrogens (tertiary/aromatic N) is 1. The molecule has 1 aliphatic carbocycles. The predicted molar refractivity (Wildman–Crippen MR) is 87.5 cm³/mol. The smallest absolute Gasteiger partial charge is 0.211 e. The molecule has 1 aromatic carbocycles. The van der Waals surface area contributed by atoms with Crippen molar-refractivity contribution in [3.8, 4) is 0 Å². The maximum atomic E-state index is 13.2. The van der Waals surface area contributed by atoms with Crippen molar-refractivity contribution in [3.63, 3.8) is 0 Å². The van der Waals surface area contributed by atoms with Gasteiger partial charge in [0, 0.05) is 18.8 Å². The van der Waals surface area contributed by atoms with Crippen molar-refractivity contribution in [2.24, 2.45) is 5.92 Å². The molecule has 0 heterocycles. The second-order valence-electron chi connectivity index (χ2n) is 6.34. The van der Waals surface area contributed by atoms with Crippen molar-refractivity contribution in [2.45, 2.75) is 44.6 Å². The maximum absolute atomic E-state index is 13.2. The summed E-state index contributed by atoms with van der Waals surface area (Å²) in [6.07, 6.45) is 6.83. The van der Waals surface area contributed by atoms with Crippen LogP contribution in [0.5, 0.6) is 0 Å². The quantitative estimate of drug-likeness (QED) is 0.845. The topological polar surface area (TPSA) is 63.4 Å². The number of hydrogen-bond donors (Lipinski definition) is 1. The molecule has 1 aromatic rings. The summed E-state index contributed by atoms with van der Waals surface area (Å²) in [4.78, 5) is 0. The Kier molecular flexibility index (Phi) is 5.45. The second-order valence-corrected chi connectivity index (χ2v) is 8.38.